The Morgan fingerprint density at radius 1 is 1.14 bits per heavy atom. The predicted molar refractivity (Wildman–Crippen MR) is 88.6 cm³/mol. The SMILES string of the molecule is CC1CCCC(CO)(CN2CCN(CCN(C)C)CC2)C1. The van der Waals surface area contributed by atoms with Crippen LogP contribution < -0.4 is 0 Å². The molecule has 0 bridgehead atoms. The molecular weight excluding hydrogens is 262 g/mol. The smallest absolute Gasteiger partial charge is 0.0499 e. The van der Waals surface area contributed by atoms with E-state index in [-0.39, 0.29) is 5.41 Å². The van der Waals surface area contributed by atoms with E-state index in [0.717, 1.165) is 19.0 Å². The third-order valence-corrected chi connectivity index (χ3v) is 5.41. The molecule has 4 nitrogen and oxygen atoms in total. The summed E-state index contributed by atoms with van der Waals surface area (Å²) < 4.78 is 0. The van der Waals surface area contributed by atoms with Crippen LogP contribution in [0.3, 0.4) is 0 Å². The second-order valence-electron chi connectivity index (χ2n) is 7.78. The maximum absolute atomic E-state index is 9.94. The number of rotatable bonds is 6. The third-order valence-electron chi connectivity index (χ3n) is 5.41. The van der Waals surface area contributed by atoms with Crippen LogP contribution in [0.2, 0.25) is 0 Å². The summed E-state index contributed by atoms with van der Waals surface area (Å²) in [6.07, 6.45) is 5.07. The highest BCUT2D eigenvalue weighted by Gasteiger charge is 2.36. The van der Waals surface area contributed by atoms with E-state index >= 15 is 0 Å². The minimum absolute atomic E-state index is 0.184. The van der Waals surface area contributed by atoms with E-state index in [9.17, 15) is 5.11 Å². The number of aliphatic hydroxyl groups is 1. The van der Waals surface area contributed by atoms with Crippen LogP contribution in [-0.2, 0) is 0 Å². The van der Waals surface area contributed by atoms with Gasteiger partial charge in [-0.1, -0.05) is 19.8 Å². The van der Waals surface area contributed by atoms with E-state index < -0.39 is 0 Å². The third kappa shape index (κ3) is 5.20. The van der Waals surface area contributed by atoms with Crippen LogP contribution in [0.5, 0.6) is 0 Å². The Morgan fingerprint density at radius 2 is 1.81 bits per heavy atom. The second kappa shape index (κ2) is 7.91. The summed E-state index contributed by atoms with van der Waals surface area (Å²) in [6.45, 7) is 10.9. The lowest BCUT2D eigenvalue weighted by Crippen LogP contribution is -2.52. The quantitative estimate of drug-likeness (QED) is 0.802. The summed E-state index contributed by atoms with van der Waals surface area (Å²) in [5.74, 6) is 0.785. The zero-order chi connectivity index (χ0) is 15.3. The Hall–Kier alpha value is -0.160. The summed E-state index contributed by atoms with van der Waals surface area (Å²) in [4.78, 5) is 7.43. The van der Waals surface area contributed by atoms with E-state index in [1.54, 1.807) is 0 Å². The van der Waals surface area contributed by atoms with E-state index in [2.05, 4.69) is 35.7 Å². The Balaban J connectivity index is 1.76. The van der Waals surface area contributed by atoms with Crippen LogP contribution in [0.25, 0.3) is 0 Å². The van der Waals surface area contributed by atoms with Gasteiger partial charge in [0.25, 0.3) is 0 Å². The maximum Gasteiger partial charge on any atom is 0.0499 e. The molecule has 0 spiro atoms. The molecule has 1 saturated heterocycles. The van der Waals surface area contributed by atoms with Crippen molar-refractivity contribution in [1.29, 1.82) is 0 Å². The zero-order valence-electron chi connectivity index (χ0n) is 14.4. The first-order chi connectivity index (χ1) is 10.0. The lowest BCUT2D eigenvalue weighted by Gasteiger charge is -2.44. The number of piperazine rings is 1. The highest BCUT2D eigenvalue weighted by atomic mass is 16.3. The fourth-order valence-corrected chi connectivity index (χ4v) is 4.09. The number of likely N-dealkylation sites (N-methyl/N-ethyl adjacent to an activating group) is 1. The molecule has 2 unspecified atom stereocenters. The van der Waals surface area contributed by atoms with Crippen LogP contribution in [0.4, 0.5) is 0 Å². The molecule has 0 aromatic heterocycles. The molecule has 0 aromatic carbocycles. The first-order valence-electron chi connectivity index (χ1n) is 8.73. The fourth-order valence-electron chi connectivity index (χ4n) is 4.09. The number of hydrogen-bond donors (Lipinski definition) is 1. The van der Waals surface area contributed by atoms with Gasteiger partial charge in [-0.05, 0) is 32.9 Å². The Bertz CT molecular complexity index is 302. The molecule has 124 valence electrons. The van der Waals surface area contributed by atoms with E-state index in [1.165, 1.54) is 58.4 Å². The first kappa shape index (κ1) is 17.2. The normalized spacial score (nSPS) is 32.7. The molecule has 1 heterocycles. The van der Waals surface area contributed by atoms with Gasteiger partial charge in [-0.3, -0.25) is 4.90 Å². The number of aliphatic hydroxyl groups excluding tert-OH is 1. The number of nitrogens with zero attached hydrogens (tertiary/aromatic N) is 3. The van der Waals surface area contributed by atoms with Crippen molar-refractivity contribution in [3.05, 3.63) is 0 Å². The summed E-state index contributed by atoms with van der Waals surface area (Å²) >= 11 is 0. The van der Waals surface area contributed by atoms with Crippen LogP contribution in [0.15, 0.2) is 0 Å². The van der Waals surface area contributed by atoms with Gasteiger partial charge in [-0.25, -0.2) is 0 Å². The molecule has 2 fully saturated rings. The molecule has 2 aliphatic rings. The van der Waals surface area contributed by atoms with Gasteiger partial charge in [0.2, 0.25) is 0 Å². The maximum atomic E-state index is 9.94. The number of hydrogen-bond acceptors (Lipinski definition) is 4. The minimum atomic E-state index is 0.184. The first-order valence-corrected chi connectivity index (χ1v) is 8.73. The molecule has 0 amide bonds. The predicted octanol–water partition coefficient (Wildman–Crippen LogP) is 1.35. The van der Waals surface area contributed by atoms with Crippen molar-refractivity contribution in [1.82, 2.24) is 14.7 Å². The van der Waals surface area contributed by atoms with Crippen LogP contribution in [-0.4, -0.2) is 86.3 Å². The summed E-state index contributed by atoms with van der Waals surface area (Å²) in [5, 5.41) is 9.94. The molecule has 4 heteroatoms. The molecule has 21 heavy (non-hydrogen) atoms. The van der Waals surface area contributed by atoms with Gasteiger partial charge in [0.05, 0.1) is 0 Å². The van der Waals surface area contributed by atoms with E-state index in [1.807, 2.05) is 0 Å². The fraction of sp³-hybridized carbons (Fsp3) is 1.00. The molecule has 2 atom stereocenters. The average molecular weight is 297 g/mol. The van der Waals surface area contributed by atoms with Gasteiger partial charge in [0.1, 0.15) is 0 Å². The second-order valence-corrected chi connectivity index (χ2v) is 7.78. The van der Waals surface area contributed by atoms with Gasteiger partial charge >= 0.3 is 0 Å². The van der Waals surface area contributed by atoms with Crippen molar-refractivity contribution in [2.45, 2.75) is 32.6 Å². The molecular formula is C17H35N3O. The van der Waals surface area contributed by atoms with Gasteiger partial charge in [-0.2, -0.15) is 0 Å². The highest BCUT2D eigenvalue weighted by Crippen LogP contribution is 2.39. The average Bonchev–Trinajstić information content (AvgIpc) is 2.46. The van der Waals surface area contributed by atoms with Crippen molar-refractivity contribution in [2.24, 2.45) is 11.3 Å². The molecule has 1 aliphatic heterocycles. The molecule has 1 aliphatic carbocycles. The van der Waals surface area contributed by atoms with E-state index in [4.69, 9.17) is 0 Å². The Morgan fingerprint density at radius 3 is 2.38 bits per heavy atom. The molecule has 2 rings (SSSR count). The van der Waals surface area contributed by atoms with Gasteiger partial charge in [0.15, 0.2) is 0 Å². The lowest BCUT2D eigenvalue weighted by molar-refractivity contribution is 0.00814. The Kier molecular flexibility index (Phi) is 6.48. The monoisotopic (exact) mass is 297 g/mol. The standard InChI is InChI=1S/C17H35N3O/c1-16-5-4-6-17(13-16,15-21)14-20-11-9-19(10-12-20)8-7-18(2)3/h16,21H,4-15H2,1-3H3. The van der Waals surface area contributed by atoms with Crippen LogP contribution in [0, 0.1) is 11.3 Å². The van der Waals surface area contributed by atoms with E-state index in [0.29, 0.717) is 6.61 Å². The van der Waals surface area contributed by atoms with Crippen molar-refractivity contribution in [2.75, 3.05) is 66.5 Å². The van der Waals surface area contributed by atoms with Crippen LogP contribution >= 0.6 is 0 Å². The Labute approximate surface area is 131 Å². The van der Waals surface area contributed by atoms with Crippen LogP contribution in [0.1, 0.15) is 32.6 Å². The molecule has 0 aromatic rings. The van der Waals surface area contributed by atoms with Crippen molar-refractivity contribution in [3.63, 3.8) is 0 Å². The largest absolute Gasteiger partial charge is 0.396 e. The van der Waals surface area contributed by atoms with Crippen molar-refractivity contribution in [3.8, 4) is 0 Å². The molecule has 1 N–H and O–H groups in total. The molecule has 1 saturated carbocycles. The van der Waals surface area contributed by atoms with Gasteiger partial charge < -0.3 is 14.9 Å². The highest BCUT2D eigenvalue weighted by molar-refractivity contribution is 4.89. The topological polar surface area (TPSA) is 30.0 Å². The summed E-state index contributed by atoms with van der Waals surface area (Å²) in [7, 11) is 4.29. The minimum Gasteiger partial charge on any atom is -0.396 e. The van der Waals surface area contributed by atoms with Crippen molar-refractivity contribution >= 4 is 0 Å². The van der Waals surface area contributed by atoms with Gasteiger partial charge in [0, 0.05) is 57.8 Å². The zero-order valence-corrected chi connectivity index (χ0v) is 14.4. The molecule has 0 radical (unpaired) electrons. The van der Waals surface area contributed by atoms with Gasteiger partial charge in [-0.15, -0.1) is 0 Å². The lowest BCUT2D eigenvalue weighted by atomic mass is 9.70. The summed E-state index contributed by atoms with van der Waals surface area (Å²) in [5.41, 5.74) is 0.184. The van der Waals surface area contributed by atoms with Crippen molar-refractivity contribution < 1.29 is 5.11 Å². The summed E-state index contributed by atoms with van der Waals surface area (Å²) in [6, 6.07) is 0.